The number of rotatable bonds is 6. The van der Waals surface area contributed by atoms with Crippen LogP contribution in [-0.4, -0.2) is 53.8 Å². The van der Waals surface area contributed by atoms with Crippen LogP contribution in [0.1, 0.15) is 25.7 Å². The van der Waals surface area contributed by atoms with Gasteiger partial charge in [-0.3, -0.25) is 4.21 Å². The SMILES string of the molecule is CN1CCCCC1CCNCCS(C)=O. The highest BCUT2D eigenvalue weighted by Crippen LogP contribution is 2.16. The Balaban J connectivity index is 2.01. The van der Waals surface area contributed by atoms with Gasteiger partial charge < -0.3 is 10.2 Å². The molecule has 0 bridgehead atoms. The first kappa shape index (κ1) is 13.1. The lowest BCUT2D eigenvalue weighted by molar-refractivity contribution is 0.176. The summed E-state index contributed by atoms with van der Waals surface area (Å²) in [6, 6.07) is 0.762. The fourth-order valence-corrected chi connectivity index (χ4v) is 2.55. The second-order valence-corrected chi connectivity index (χ2v) is 6.00. The first-order valence-electron chi connectivity index (χ1n) is 5.91. The Morgan fingerprint density at radius 1 is 1.40 bits per heavy atom. The predicted molar refractivity (Wildman–Crippen MR) is 66.7 cm³/mol. The van der Waals surface area contributed by atoms with Crippen molar-refractivity contribution < 1.29 is 4.21 Å². The van der Waals surface area contributed by atoms with Gasteiger partial charge in [-0.1, -0.05) is 6.42 Å². The van der Waals surface area contributed by atoms with E-state index in [4.69, 9.17) is 0 Å². The van der Waals surface area contributed by atoms with Crippen LogP contribution in [0.15, 0.2) is 0 Å². The van der Waals surface area contributed by atoms with E-state index in [0.29, 0.717) is 0 Å². The Morgan fingerprint density at radius 3 is 2.87 bits per heavy atom. The fourth-order valence-electron chi connectivity index (χ4n) is 2.12. The summed E-state index contributed by atoms with van der Waals surface area (Å²) >= 11 is 0. The molecule has 15 heavy (non-hydrogen) atoms. The number of hydrogen-bond acceptors (Lipinski definition) is 3. The van der Waals surface area contributed by atoms with E-state index in [9.17, 15) is 4.21 Å². The summed E-state index contributed by atoms with van der Waals surface area (Å²) in [7, 11) is 1.57. The van der Waals surface area contributed by atoms with Crippen molar-refractivity contribution in [2.75, 3.05) is 38.7 Å². The van der Waals surface area contributed by atoms with Gasteiger partial charge in [0.15, 0.2) is 0 Å². The van der Waals surface area contributed by atoms with E-state index in [0.717, 1.165) is 24.9 Å². The van der Waals surface area contributed by atoms with Crippen molar-refractivity contribution in [1.82, 2.24) is 10.2 Å². The maximum absolute atomic E-state index is 10.8. The first-order chi connectivity index (χ1) is 7.20. The molecule has 2 atom stereocenters. The summed E-state index contributed by atoms with van der Waals surface area (Å²) in [6.45, 7) is 3.20. The van der Waals surface area contributed by atoms with Gasteiger partial charge in [-0.15, -0.1) is 0 Å². The van der Waals surface area contributed by atoms with Crippen LogP contribution in [0.25, 0.3) is 0 Å². The molecule has 2 unspecified atom stereocenters. The molecule has 1 aliphatic heterocycles. The molecule has 1 aliphatic rings. The molecule has 0 aromatic rings. The Morgan fingerprint density at radius 2 is 2.20 bits per heavy atom. The average Bonchev–Trinajstić information content (AvgIpc) is 2.20. The molecule has 0 saturated carbocycles. The van der Waals surface area contributed by atoms with Crippen LogP contribution in [0.2, 0.25) is 0 Å². The van der Waals surface area contributed by atoms with Crippen molar-refractivity contribution in [3.05, 3.63) is 0 Å². The molecule has 1 fully saturated rings. The summed E-state index contributed by atoms with van der Waals surface area (Å²) < 4.78 is 10.8. The normalized spacial score (nSPS) is 25.3. The van der Waals surface area contributed by atoms with Gasteiger partial charge in [0, 0.05) is 35.4 Å². The van der Waals surface area contributed by atoms with Gasteiger partial charge in [0.2, 0.25) is 0 Å². The number of likely N-dealkylation sites (tertiary alicyclic amines) is 1. The van der Waals surface area contributed by atoms with Crippen molar-refractivity contribution in [3.8, 4) is 0 Å². The van der Waals surface area contributed by atoms with Gasteiger partial charge in [-0.05, 0) is 39.4 Å². The second kappa shape index (κ2) is 7.36. The highest BCUT2D eigenvalue weighted by molar-refractivity contribution is 7.84. The van der Waals surface area contributed by atoms with Crippen molar-refractivity contribution in [1.29, 1.82) is 0 Å². The monoisotopic (exact) mass is 232 g/mol. The van der Waals surface area contributed by atoms with Crippen LogP contribution in [0, 0.1) is 0 Å². The molecule has 0 spiro atoms. The third-order valence-electron chi connectivity index (χ3n) is 3.14. The Kier molecular flexibility index (Phi) is 6.45. The number of piperidine rings is 1. The van der Waals surface area contributed by atoms with Gasteiger partial charge in [0.25, 0.3) is 0 Å². The fraction of sp³-hybridized carbons (Fsp3) is 1.00. The van der Waals surface area contributed by atoms with Gasteiger partial charge in [-0.2, -0.15) is 0 Å². The topological polar surface area (TPSA) is 32.3 Å². The summed E-state index contributed by atoms with van der Waals surface area (Å²) in [5, 5.41) is 3.36. The molecule has 1 N–H and O–H groups in total. The van der Waals surface area contributed by atoms with E-state index in [-0.39, 0.29) is 0 Å². The zero-order chi connectivity index (χ0) is 11.1. The van der Waals surface area contributed by atoms with Gasteiger partial charge >= 0.3 is 0 Å². The second-order valence-electron chi connectivity index (χ2n) is 4.45. The standard InChI is InChI=1S/C11H24N2OS/c1-13-9-4-3-5-11(13)6-7-12-8-10-15(2)14/h11-12H,3-10H2,1-2H3. The van der Waals surface area contributed by atoms with Crippen molar-refractivity contribution in [2.24, 2.45) is 0 Å². The highest BCUT2D eigenvalue weighted by atomic mass is 32.2. The highest BCUT2D eigenvalue weighted by Gasteiger charge is 2.17. The van der Waals surface area contributed by atoms with Crippen LogP contribution >= 0.6 is 0 Å². The maximum Gasteiger partial charge on any atom is 0.0357 e. The first-order valence-corrected chi connectivity index (χ1v) is 7.64. The maximum atomic E-state index is 10.8. The van der Waals surface area contributed by atoms with E-state index < -0.39 is 10.8 Å². The van der Waals surface area contributed by atoms with E-state index in [1.807, 2.05) is 0 Å². The lowest BCUT2D eigenvalue weighted by Gasteiger charge is -2.32. The minimum atomic E-state index is -0.654. The number of hydrogen-bond donors (Lipinski definition) is 1. The van der Waals surface area contributed by atoms with Crippen LogP contribution in [-0.2, 0) is 10.8 Å². The molecule has 0 aliphatic carbocycles. The summed E-state index contributed by atoms with van der Waals surface area (Å²) in [6.07, 6.45) is 7.07. The van der Waals surface area contributed by atoms with Crippen LogP contribution < -0.4 is 5.32 Å². The lowest BCUT2D eigenvalue weighted by atomic mass is 10.0. The quantitative estimate of drug-likeness (QED) is 0.689. The minimum Gasteiger partial charge on any atom is -0.316 e. The zero-order valence-corrected chi connectivity index (χ0v) is 10.8. The van der Waals surface area contributed by atoms with E-state index in [1.165, 1.54) is 32.2 Å². The molecule has 0 radical (unpaired) electrons. The summed E-state index contributed by atoms with van der Waals surface area (Å²) in [4.78, 5) is 2.48. The third kappa shape index (κ3) is 5.64. The molecule has 0 amide bonds. The molecule has 3 nitrogen and oxygen atoms in total. The molecule has 0 aromatic heterocycles. The molecule has 1 rings (SSSR count). The Hall–Kier alpha value is 0.0700. The lowest BCUT2D eigenvalue weighted by Crippen LogP contribution is -2.38. The number of nitrogens with one attached hydrogen (secondary N) is 1. The van der Waals surface area contributed by atoms with Gasteiger partial charge in [0.1, 0.15) is 0 Å². The Bertz CT molecular complexity index is 199. The van der Waals surface area contributed by atoms with Crippen LogP contribution in [0.5, 0.6) is 0 Å². The molecule has 1 heterocycles. The van der Waals surface area contributed by atoms with Crippen molar-refractivity contribution in [2.45, 2.75) is 31.7 Å². The predicted octanol–water partition coefficient (Wildman–Crippen LogP) is 0.829. The van der Waals surface area contributed by atoms with Gasteiger partial charge in [-0.25, -0.2) is 0 Å². The molecular formula is C11H24N2OS. The smallest absolute Gasteiger partial charge is 0.0357 e. The third-order valence-corrected chi connectivity index (χ3v) is 3.92. The summed E-state index contributed by atoms with van der Waals surface area (Å²) in [5.41, 5.74) is 0. The van der Waals surface area contributed by atoms with E-state index in [1.54, 1.807) is 6.26 Å². The number of nitrogens with zero attached hydrogens (tertiary/aromatic N) is 1. The van der Waals surface area contributed by atoms with Crippen molar-refractivity contribution >= 4 is 10.8 Å². The van der Waals surface area contributed by atoms with Crippen molar-refractivity contribution in [3.63, 3.8) is 0 Å². The molecule has 1 saturated heterocycles. The van der Waals surface area contributed by atoms with Crippen LogP contribution in [0.3, 0.4) is 0 Å². The van der Waals surface area contributed by atoms with E-state index in [2.05, 4.69) is 17.3 Å². The van der Waals surface area contributed by atoms with Gasteiger partial charge in [0.05, 0.1) is 0 Å². The van der Waals surface area contributed by atoms with E-state index >= 15 is 0 Å². The average molecular weight is 232 g/mol. The largest absolute Gasteiger partial charge is 0.316 e. The zero-order valence-electron chi connectivity index (χ0n) is 10.00. The van der Waals surface area contributed by atoms with Crippen LogP contribution in [0.4, 0.5) is 0 Å². The Labute approximate surface area is 96.1 Å². The molecule has 90 valence electrons. The molecule has 4 heteroatoms. The summed E-state index contributed by atoms with van der Waals surface area (Å²) in [5.74, 6) is 0.778. The minimum absolute atomic E-state index is 0.654. The molecule has 0 aromatic carbocycles. The molecular weight excluding hydrogens is 208 g/mol.